The topological polar surface area (TPSA) is 4.93 Å². The molecule has 40 heavy (non-hydrogen) atoms. The lowest BCUT2D eigenvalue weighted by Gasteiger charge is -2.22. The second-order valence-electron chi connectivity index (χ2n) is 11.7. The van der Waals surface area contributed by atoms with Crippen LogP contribution in [0.2, 0.25) is 0 Å². The molecule has 2 aliphatic carbocycles. The summed E-state index contributed by atoms with van der Waals surface area (Å²) in [4.78, 5) is 0. The predicted molar refractivity (Wildman–Crippen MR) is 170 cm³/mol. The highest BCUT2D eigenvalue weighted by Crippen LogP contribution is 2.49. The Kier molecular flexibility index (Phi) is 5.06. The van der Waals surface area contributed by atoms with Gasteiger partial charge in [0.1, 0.15) is 0 Å². The van der Waals surface area contributed by atoms with Crippen LogP contribution in [-0.2, 0) is 5.41 Å². The van der Waals surface area contributed by atoms with Gasteiger partial charge in [-0.15, -0.1) is 0 Å². The maximum atomic E-state index is 2.47. The van der Waals surface area contributed by atoms with Crippen LogP contribution in [0.3, 0.4) is 0 Å². The largest absolute Gasteiger partial charge is 0.309 e. The van der Waals surface area contributed by atoms with Gasteiger partial charge < -0.3 is 4.57 Å². The summed E-state index contributed by atoms with van der Waals surface area (Å²) < 4.78 is 2.47. The Labute approximate surface area is 235 Å². The fraction of sp³-hybridized carbons (Fsp3) is 0.128. The number of hydrogen-bond acceptors (Lipinski definition) is 0. The van der Waals surface area contributed by atoms with Crippen LogP contribution in [0.25, 0.3) is 55.3 Å². The molecule has 0 saturated heterocycles. The van der Waals surface area contributed by atoms with Crippen LogP contribution >= 0.6 is 0 Å². The molecule has 0 radical (unpaired) electrons. The third-order valence-electron chi connectivity index (χ3n) is 9.03. The second kappa shape index (κ2) is 8.69. The van der Waals surface area contributed by atoms with E-state index < -0.39 is 0 Å². The molecule has 1 heteroatoms. The SMILES string of the molecule is CC1(C)c2ccccc2-c2ccc(-n3c4ccc(C5=CCCC=C5)cc4c4cc(-c5ccccc5)ccc43)cc21. The minimum Gasteiger partial charge on any atom is -0.309 e. The van der Waals surface area contributed by atoms with E-state index >= 15 is 0 Å². The highest BCUT2D eigenvalue weighted by Gasteiger charge is 2.35. The molecule has 1 nitrogen and oxygen atoms in total. The van der Waals surface area contributed by atoms with Gasteiger partial charge in [-0.1, -0.05) is 105 Å². The predicted octanol–water partition coefficient (Wildman–Crippen LogP) is 10.5. The van der Waals surface area contributed by atoms with Crippen molar-refractivity contribution >= 4 is 27.4 Å². The third-order valence-corrected chi connectivity index (χ3v) is 9.03. The van der Waals surface area contributed by atoms with Crippen molar-refractivity contribution in [3.05, 3.63) is 144 Å². The molecule has 0 unspecified atom stereocenters. The zero-order valence-electron chi connectivity index (χ0n) is 23.0. The van der Waals surface area contributed by atoms with E-state index in [1.54, 1.807) is 0 Å². The first-order valence-electron chi connectivity index (χ1n) is 14.4. The van der Waals surface area contributed by atoms with Gasteiger partial charge in [0.15, 0.2) is 0 Å². The van der Waals surface area contributed by atoms with E-state index in [2.05, 4.69) is 146 Å². The lowest BCUT2D eigenvalue weighted by molar-refractivity contribution is 0.660. The summed E-state index contributed by atoms with van der Waals surface area (Å²) in [6, 6.07) is 40.6. The summed E-state index contributed by atoms with van der Waals surface area (Å²) in [5.41, 5.74) is 14.3. The van der Waals surface area contributed by atoms with E-state index in [0.29, 0.717) is 0 Å². The van der Waals surface area contributed by atoms with Crippen molar-refractivity contribution in [2.24, 2.45) is 0 Å². The maximum Gasteiger partial charge on any atom is 0.0541 e. The van der Waals surface area contributed by atoms with E-state index in [9.17, 15) is 0 Å². The molecule has 0 N–H and O–H groups in total. The summed E-state index contributed by atoms with van der Waals surface area (Å²) in [5.74, 6) is 0. The molecule has 6 aromatic rings. The Bertz CT molecular complexity index is 2010. The highest BCUT2D eigenvalue weighted by atomic mass is 15.0. The van der Waals surface area contributed by atoms with Crippen molar-refractivity contribution in [3.63, 3.8) is 0 Å². The minimum atomic E-state index is -0.0336. The molecule has 0 aliphatic heterocycles. The molecule has 1 aromatic heterocycles. The number of benzene rings is 5. The third kappa shape index (κ3) is 3.41. The Morgan fingerprint density at radius 2 is 1.27 bits per heavy atom. The van der Waals surface area contributed by atoms with Gasteiger partial charge in [-0.05, 0) is 93.8 Å². The minimum absolute atomic E-state index is 0.0336. The summed E-state index contributed by atoms with van der Waals surface area (Å²) >= 11 is 0. The molecular formula is C39H31N. The van der Waals surface area contributed by atoms with Crippen LogP contribution in [0.4, 0.5) is 0 Å². The van der Waals surface area contributed by atoms with E-state index in [1.165, 1.54) is 72.0 Å². The van der Waals surface area contributed by atoms with E-state index in [4.69, 9.17) is 0 Å². The average Bonchev–Trinajstić information content (AvgIpc) is 3.46. The molecule has 2 aliphatic rings. The van der Waals surface area contributed by atoms with Crippen LogP contribution in [0, 0.1) is 0 Å². The van der Waals surface area contributed by atoms with Crippen molar-refractivity contribution in [1.82, 2.24) is 4.57 Å². The van der Waals surface area contributed by atoms with Gasteiger partial charge in [0, 0.05) is 21.9 Å². The van der Waals surface area contributed by atoms with Crippen LogP contribution < -0.4 is 0 Å². The zero-order chi connectivity index (χ0) is 26.8. The standard InChI is InChI=1S/C39H31N/c1-39(2)35-16-10-9-15-31(35)32-20-19-30(25-36(32)39)40-37-21-17-28(26-11-5-3-6-12-26)23-33(37)34-24-29(18-22-38(34)40)27-13-7-4-8-14-27/h3,5-7,9-25H,4,8H2,1-2H3. The molecule has 192 valence electrons. The molecule has 0 saturated carbocycles. The lowest BCUT2D eigenvalue weighted by Crippen LogP contribution is -2.15. The molecule has 0 bridgehead atoms. The molecule has 5 aromatic carbocycles. The Hall–Kier alpha value is -4.62. The normalized spacial score (nSPS) is 15.3. The van der Waals surface area contributed by atoms with Crippen LogP contribution in [0.1, 0.15) is 43.4 Å². The molecule has 0 atom stereocenters. The fourth-order valence-corrected chi connectivity index (χ4v) is 6.95. The molecule has 8 rings (SSSR count). The van der Waals surface area contributed by atoms with Crippen LogP contribution in [0.5, 0.6) is 0 Å². The van der Waals surface area contributed by atoms with Crippen molar-refractivity contribution in [2.45, 2.75) is 32.1 Å². The van der Waals surface area contributed by atoms with Crippen molar-refractivity contribution in [2.75, 3.05) is 0 Å². The summed E-state index contributed by atoms with van der Waals surface area (Å²) in [7, 11) is 0. The van der Waals surface area contributed by atoms with Gasteiger partial charge in [-0.3, -0.25) is 0 Å². The molecule has 0 amide bonds. The molecular weight excluding hydrogens is 482 g/mol. The Morgan fingerprint density at radius 1 is 0.575 bits per heavy atom. The summed E-state index contributed by atoms with van der Waals surface area (Å²) in [6.07, 6.45) is 9.18. The van der Waals surface area contributed by atoms with Crippen LogP contribution in [0.15, 0.2) is 127 Å². The number of aromatic nitrogens is 1. The number of hydrogen-bond donors (Lipinski definition) is 0. The lowest BCUT2D eigenvalue weighted by atomic mass is 9.82. The summed E-state index contributed by atoms with van der Waals surface area (Å²) in [6.45, 7) is 4.72. The van der Waals surface area contributed by atoms with Gasteiger partial charge in [0.2, 0.25) is 0 Å². The van der Waals surface area contributed by atoms with E-state index in [1.807, 2.05) is 0 Å². The van der Waals surface area contributed by atoms with Crippen molar-refractivity contribution in [1.29, 1.82) is 0 Å². The fourth-order valence-electron chi connectivity index (χ4n) is 6.95. The first-order valence-corrected chi connectivity index (χ1v) is 14.4. The quantitative estimate of drug-likeness (QED) is 0.222. The highest BCUT2D eigenvalue weighted by molar-refractivity contribution is 6.11. The van der Waals surface area contributed by atoms with Crippen molar-refractivity contribution in [3.8, 4) is 27.9 Å². The van der Waals surface area contributed by atoms with Gasteiger partial charge in [0.05, 0.1) is 11.0 Å². The first kappa shape index (κ1) is 23.3. The Balaban J connectivity index is 1.38. The monoisotopic (exact) mass is 513 g/mol. The number of nitrogens with zero attached hydrogens (tertiary/aromatic N) is 1. The van der Waals surface area contributed by atoms with Gasteiger partial charge in [-0.25, -0.2) is 0 Å². The van der Waals surface area contributed by atoms with Gasteiger partial charge >= 0.3 is 0 Å². The van der Waals surface area contributed by atoms with Gasteiger partial charge in [-0.2, -0.15) is 0 Å². The molecule has 1 heterocycles. The smallest absolute Gasteiger partial charge is 0.0541 e. The molecule has 0 spiro atoms. The Morgan fingerprint density at radius 3 is 2.05 bits per heavy atom. The second-order valence-corrected chi connectivity index (χ2v) is 11.7. The first-order chi connectivity index (χ1) is 19.6. The number of allylic oxidation sites excluding steroid dienone is 4. The van der Waals surface area contributed by atoms with E-state index in [0.717, 1.165) is 12.8 Å². The number of fused-ring (bicyclic) bond motifs is 6. The zero-order valence-corrected chi connectivity index (χ0v) is 23.0. The number of rotatable bonds is 3. The van der Waals surface area contributed by atoms with Crippen LogP contribution in [-0.4, -0.2) is 4.57 Å². The molecule has 0 fully saturated rings. The average molecular weight is 514 g/mol. The maximum absolute atomic E-state index is 2.47. The van der Waals surface area contributed by atoms with Crippen molar-refractivity contribution < 1.29 is 0 Å². The van der Waals surface area contributed by atoms with E-state index in [-0.39, 0.29) is 5.41 Å². The summed E-state index contributed by atoms with van der Waals surface area (Å²) in [5, 5.41) is 2.59. The van der Waals surface area contributed by atoms with Gasteiger partial charge in [0.25, 0.3) is 0 Å².